The summed E-state index contributed by atoms with van der Waals surface area (Å²) in [4.78, 5) is 17.0. The van der Waals surface area contributed by atoms with Crippen molar-refractivity contribution in [2.45, 2.75) is 0 Å². The van der Waals surface area contributed by atoms with Gasteiger partial charge in [0.25, 0.3) is 0 Å². The minimum Gasteiger partial charge on any atom is -0.496 e. The van der Waals surface area contributed by atoms with Gasteiger partial charge < -0.3 is 9.47 Å². The Morgan fingerprint density at radius 3 is 2.68 bits per heavy atom. The Bertz CT molecular complexity index is 917. The lowest BCUT2D eigenvalue weighted by Gasteiger charge is -2.09. The summed E-state index contributed by atoms with van der Waals surface area (Å²) in [6.45, 7) is 0. The number of hydrogen-bond donors (Lipinski definition) is 0. The molecule has 2 aromatic heterocycles. The quantitative estimate of drug-likeness (QED) is 0.414. The van der Waals surface area contributed by atoms with Gasteiger partial charge in [0.2, 0.25) is 0 Å². The lowest BCUT2D eigenvalue weighted by atomic mass is 10.1. The fraction of sp³-hybridized carbons (Fsp3) is 0.111. The number of aromatic nitrogens is 1. The summed E-state index contributed by atoms with van der Waals surface area (Å²) in [5, 5.41) is 7.25. The molecule has 3 aromatic rings. The molecule has 0 bridgehead atoms. The Kier molecular flexibility index (Phi) is 5.53. The van der Waals surface area contributed by atoms with Crippen LogP contribution in [0.15, 0.2) is 40.4 Å². The molecule has 2 heterocycles. The standard InChI is InChI=1S/C18H14ClNO3S2/c1-22-16-8-17(23-2)14(19)7-13(16)15(21)4-3-12-10-25-18(20-12)11-5-6-24-9-11/h3-10H,1-2H3/b4-3+. The molecule has 0 saturated carbocycles. The number of hydrogen-bond acceptors (Lipinski definition) is 6. The zero-order chi connectivity index (χ0) is 17.8. The highest BCUT2D eigenvalue weighted by molar-refractivity contribution is 7.14. The Morgan fingerprint density at radius 1 is 1.20 bits per heavy atom. The van der Waals surface area contributed by atoms with E-state index in [4.69, 9.17) is 21.1 Å². The molecule has 0 amide bonds. The average molecular weight is 392 g/mol. The van der Waals surface area contributed by atoms with Crippen LogP contribution in [0.3, 0.4) is 0 Å². The molecule has 0 aliphatic heterocycles. The summed E-state index contributed by atoms with van der Waals surface area (Å²) in [5.74, 6) is 0.651. The van der Waals surface area contributed by atoms with Crippen molar-refractivity contribution in [3.05, 3.63) is 56.7 Å². The minimum atomic E-state index is -0.216. The molecule has 4 nitrogen and oxygen atoms in total. The third-order valence-corrected chi connectivity index (χ3v) is 5.32. The predicted molar refractivity (Wildman–Crippen MR) is 103 cm³/mol. The molecular formula is C18H14ClNO3S2. The molecular weight excluding hydrogens is 378 g/mol. The lowest BCUT2D eigenvalue weighted by Crippen LogP contribution is -2.00. The van der Waals surface area contributed by atoms with E-state index in [0.29, 0.717) is 22.1 Å². The van der Waals surface area contributed by atoms with Gasteiger partial charge in [0.05, 0.1) is 30.5 Å². The second-order valence-electron chi connectivity index (χ2n) is 4.97. The molecule has 128 valence electrons. The van der Waals surface area contributed by atoms with Crippen molar-refractivity contribution >= 4 is 46.1 Å². The maximum Gasteiger partial charge on any atom is 0.189 e. The molecule has 0 radical (unpaired) electrons. The summed E-state index contributed by atoms with van der Waals surface area (Å²) in [6, 6.07) is 5.16. The molecule has 0 aliphatic carbocycles. The van der Waals surface area contributed by atoms with E-state index in [2.05, 4.69) is 4.98 Å². The first-order valence-corrected chi connectivity index (χ1v) is 9.44. The number of carbonyl (C=O) groups excluding carboxylic acids is 1. The highest BCUT2D eigenvalue weighted by Crippen LogP contribution is 2.33. The number of rotatable bonds is 6. The van der Waals surface area contributed by atoms with E-state index in [9.17, 15) is 4.79 Å². The first kappa shape index (κ1) is 17.7. The van der Waals surface area contributed by atoms with Gasteiger partial charge in [-0.2, -0.15) is 11.3 Å². The van der Waals surface area contributed by atoms with Crippen LogP contribution < -0.4 is 9.47 Å². The van der Waals surface area contributed by atoms with Gasteiger partial charge in [-0.05, 0) is 29.7 Å². The van der Waals surface area contributed by atoms with Crippen molar-refractivity contribution in [1.82, 2.24) is 4.98 Å². The van der Waals surface area contributed by atoms with E-state index in [1.54, 1.807) is 40.9 Å². The summed E-state index contributed by atoms with van der Waals surface area (Å²) in [7, 11) is 3.01. The number of ketones is 1. The van der Waals surface area contributed by atoms with Gasteiger partial charge in [-0.1, -0.05) is 11.6 Å². The van der Waals surface area contributed by atoms with E-state index in [1.165, 1.54) is 20.3 Å². The predicted octanol–water partition coefficient (Wildman–Crippen LogP) is 5.44. The SMILES string of the molecule is COc1cc(OC)c(C(=O)/C=C/c2csc(-c3ccsc3)n2)cc1Cl. The monoisotopic (exact) mass is 391 g/mol. The minimum absolute atomic E-state index is 0.216. The summed E-state index contributed by atoms with van der Waals surface area (Å²) >= 11 is 9.28. The number of benzene rings is 1. The van der Waals surface area contributed by atoms with Crippen LogP contribution in [-0.4, -0.2) is 25.0 Å². The average Bonchev–Trinajstić information content (AvgIpc) is 3.30. The zero-order valence-corrected chi connectivity index (χ0v) is 15.9. The lowest BCUT2D eigenvalue weighted by molar-refractivity contribution is 0.104. The van der Waals surface area contributed by atoms with E-state index in [-0.39, 0.29) is 5.78 Å². The highest BCUT2D eigenvalue weighted by Gasteiger charge is 2.14. The van der Waals surface area contributed by atoms with E-state index in [1.807, 2.05) is 22.2 Å². The fourth-order valence-corrected chi connectivity index (χ4v) is 3.93. The number of thiophene rings is 1. The summed E-state index contributed by atoms with van der Waals surface area (Å²) in [5.41, 5.74) is 2.19. The van der Waals surface area contributed by atoms with Crippen LogP contribution >= 0.6 is 34.3 Å². The number of thiazole rings is 1. The topological polar surface area (TPSA) is 48.4 Å². The molecule has 0 aliphatic rings. The van der Waals surface area contributed by atoms with Crippen molar-refractivity contribution in [2.75, 3.05) is 14.2 Å². The van der Waals surface area contributed by atoms with Gasteiger partial charge >= 0.3 is 0 Å². The van der Waals surface area contributed by atoms with Crippen molar-refractivity contribution in [3.63, 3.8) is 0 Å². The third kappa shape index (κ3) is 3.92. The molecule has 0 fully saturated rings. The van der Waals surface area contributed by atoms with Crippen molar-refractivity contribution in [3.8, 4) is 22.1 Å². The van der Waals surface area contributed by atoms with E-state index >= 15 is 0 Å². The Labute approximate surface area is 158 Å². The number of halogens is 1. The molecule has 1 aromatic carbocycles. The molecule has 7 heteroatoms. The van der Waals surface area contributed by atoms with Crippen molar-refractivity contribution in [2.24, 2.45) is 0 Å². The molecule has 0 saturated heterocycles. The second kappa shape index (κ2) is 7.82. The van der Waals surface area contributed by atoms with Gasteiger partial charge in [0.15, 0.2) is 5.78 Å². The number of nitrogens with zero attached hydrogens (tertiary/aromatic N) is 1. The largest absolute Gasteiger partial charge is 0.496 e. The number of methoxy groups -OCH3 is 2. The summed E-state index contributed by atoms with van der Waals surface area (Å²) < 4.78 is 10.4. The molecule has 3 rings (SSSR count). The number of carbonyl (C=O) groups is 1. The highest BCUT2D eigenvalue weighted by atomic mass is 35.5. The van der Waals surface area contributed by atoms with Crippen LogP contribution in [0, 0.1) is 0 Å². The van der Waals surface area contributed by atoms with Gasteiger partial charge in [-0.25, -0.2) is 4.98 Å². The van der Waals surface area contributed by atoms with Gasteiger partial charge in [0.1, 0.15) is 16.5 Å². The first-order chi connectivity index (χ1) is 12.1. The fourth-order valence-electron chi connectivity index (χ4n) is 2.18. The number of ether oxygens (including phenoxy) is 2. The van der Waals surface area contributed by atoms with E-state index < -0.39 is 0 Å². The Morgan fingerprint density at radius 2 is 2.00 bits per heavy atom. The summed E-state index contributed by atoms with van der Waals surface area (Å²) in [6.07, 6.45) is 3.15. The molecule has 0 spiro atoms. The third-order valence-electron chi connectivity index (χ3n) is 3.43. The van der Waals surface area contributed by atoms with E-state index in [0.717, 1.165) is 16.3 Å². The maximum atomic E-state index is 12.5. The van der Waals surface area contributed by atoms with Crippen LogP contribution in [0.2, 0.25) is 5.02 Å². The van der Waals surface area contributed by atoms with Crippen LogP contribution in [-0.2, 0) is 0 Å². The van der Waals surface area contributed by atoms with Crippen molar-refractivity contribution in [1.29, 1.82) is 0 Å². The van der Waals surface area contributed by atoms with Gasteiger partial charge in [0, 0.05) is 22.4 Å². The zero-order valence-electron chi connectivity index (χ0n) is 13.5. The van der Waals surface area contributed by atoms with Crippen LogP contribution in [0.25, 0.3) is 16.6 Å². The normalized spacial score (nSPS) is 11.0. The Hall–Kier alpha value is -2.15. The second-order valence-corrected chi connectivity index (χ2v) is 7.02. The molecule has 0 atom stereocenters. The van der Waals surface area contributed by atoms with Gasteiger partial charge in [-0.3, -0.25) is 4.79 Å². The van der Waals surface area contributed by atoms with Crippen LogP contribution in [0.5, 0.6) is 11.5 Å². The van der Waals surface area contributed by atoms with Crippen molar-refractivity contribution < 1.29 is 14.3 Å². The van der Waals surface area contributed by atoms with Gasteiger partial charge in [-0.15, -0.1) is 11.3 Å². The van der Waals surface area contributed by atoms with Crippen LogP contribution in [0.4, 0.5) is 0 Å². The molecule has 25 heavy (non-hydrogen) atoms. The number of allylic oxidation sites excluding steroid dienone is 1. The maximum absolute atomic E-state index is 12.5. The van der Waals surface area contributed by atoms with Crippen LogP contribution in [0.1, 0.15) is 16.1 Å². The Balaban J connectivity index is 1.82. The molecule has 0 N–H and O–H groups in total. The smallest absolute Gasteiger partial charge is 0.189 e. The molecule has 0 unspecified atom stereocenters. The first-order valence-electron chi connectivity index (χ1n) is 7.24.